The first kappa shape index (κ1) is 12.1. The maximum absolute atomic E-state index is 13.5. The van der Waals surface area contributed by atoms with Gasteiger partial charge in [-0.05, 0) is 13.0 Å². The summed E-state index contributed by atoms with van der Waals surface area (Å²) in [6.45, 7) is 2.40. The smallest absolute Gasteiger partial charge is 0.163 e. The zero-order chi connectivity index (χ0) is 12.3. The van der Waals surface area contributed by atoms with Gasteiger partial charge in [0.1, 0.15) is 0 Å². The Hall–Kier alpha value is -1.33. The third-order valence-corrected chi connectivity index (χ3v) is 3.29. The molecule has 0 aliphatic rings. The Kier molecular flexibility index (Phi) is 3.81. The van der Waals surface area contributed by atoms with Crippen molar-refractivity contribution >= 4 is 11.3 Å². The van der Waals surface area contributed by atoms with E-state index < -0.39 is 11.6 Å². The zero-order valence-electron chi connectivity index (χ0n) is 9.28. The Morgan fingerprint density at radius 1 is 1.41 bits per heavy atom. The second kappa shape index (κ2) is 5.33. The van der Waals surface area contributed by atoms with Crippen LogP contribution < -0.4 is 5.32 Å². The molecule has 0 saturated carbocycles. The van der Waals surface area contributed by atoms with Crippen LogP contribution in [0.15, 0.2) is 29.9 Å². The van der Waals surface area contributed by atoms with E-state index in [-0.39, 0.29) is 6.04 Å². The van der Waals surface area contributed by atoms with Gasteiger partial charge >= 0.3 is 0 Å². The van der Waals surface area contributed by atoms with Crippen molar-refractivity contribution in [3.8, 4) is 0 Å². The van der Waals surface area contributed by atoms with Gasteiger partial charge in [-0.15, -0.1) is 11.3 Å². The topological polar surface area (TPSA) is 24.9 Å². The molecular weight excluding hydrogens is 242 g/mol. The van der Waals surface area contributed by atoms with Crippen molar-refractivity contribution in [2.24, 2.45) is 0 Å². The third-order valence-electron chi connectivity index (χ3n) is 2.51. The Morgan fingerprint density at radius 2 is 2.24 bits per heavy atom. The van der Waals surface area contributed by atoms with E-state index in [9.17, 15) is 8.78 Å². The minimum absolute atomic E-state index is 0.243. The van der Waals surface area contributed by atoms with Crippen LogP contribution in [-0.4, -0.2) is 4.98 Å². The highest BCUT2D eigenvalue weighted by atomic mass is 32.1. The standard InChI is InChI=1S/C12H12F2N2S/c1-8(16-6-9-5-15-7-17-9)10-3-2-4-11(13)12(10)14/h2-5,7-8,16H,6H2,1H3. The highest BCUT2D eigenvalue weighted by molar-refractivity contribution is 7.09. The lowest BCUT2D eigenvalue weighted by Gasteiger charge is -2.14. The van der Waals surface area contributed by atoms with Crippen molar-refractivity contribution < 1.29 is 8.78 Å². The normalized spacial score (nSPS) is 12.6. The monoisotopic (exact) mass is 254 g/mol. The van der Waals surface area contributed by atoms with E-state index in [1.807, 2.05) is 0 Å². The summed E-state index contributed by atoms with van der Waals surface area (Å²) < 4.78 is 26.5. The second-order valence-electron chi connectivity index (χ2n) is 3.71. The number of thiazole rings is 1. The minimum atomic E-state index is -0.811. The first-order valence-corrected chi connectivity index (χ1v) is 6.11. The van der Waals surface area contributed by atoms with E-state index in [1.54, 1.807) is 24.7 Å². The summed E-state index contributed by atoms with van der Waals surface area (Å²) in [5, 5.41) is 3.13. The van der Waals surface area contributed by atoms with E-state index >= 15 is 0 Å². The van der Waals surface area contributed by atoms with Crippen molar-refractivity contribution in [2.75, 3.05) is 0 Å². The summed E-state index contributed by atoms with van der Waals surface area (Å²) in [5.74, 6) is -1.59. The number of nitrogens with zero attached hydrogens (tertiary/aromatic N) is 1. The predicted octanol–water partition coefficient (Wildman–Crippen LogP) is 3.27. The number of hydrogen-bond donors (Lipinski definition) is 1. The molecule has 2 nitrogen and oxygen atoms in total. The molecule has 0 bridgehead atoms. The molecule has 90 valence electrons. The van der Waals surface area contributed by atoms with Gasteiger partial charge in [0.05, 0.1) is 5.51 Å². The molecule has 2 aromatic rings. The quantitative estimate of drug-likeness (QED) is 0.905. The number of benzene rings is 1. The molecule has 1 heterocycles. The Labute approximate surface area is 102 Å². The average Bonchev–Trinajstić information content (AvgIpc) is 2.82. The van der Waals surface area contributed by atoms with Crippen molar-refractivity contribution in [3.05, 3.63) is 52.0 Å². The van der Waals surface area contributed by atoms with Gasteiger partial charge in [-0.25, -0.2) is 8.78 Å². The van der Waals surface area contributed by atoms with Crippen LogP contribution in [0.3, 0.4) is 0 Å². The van der Waals surface area contributed by atoms with Crippen LogP contribution >= 0.6 is 11.3 Å². The molecule has 1 aromatic carbocycles. The highest BCUT2D eigenvalue weighted by Crippen LogP contribution is 2.19. The minimum Gasteiger partial charge on any atom is -0.305 e. The Bertz CT molecular complexity index is 485. The average molecular weight is 254 g/mol. The first-order chi connectivity index (χ1) is 8.18. The molecule has 2 rings (SSSR count). The van der Waals surface area contributed by atoms with Gasteiger partial charge in [-0.2, -0.15) is 0 Å². The van der Waals surface area contributed by atoms with Crippen LogP contribution in [0.4, 0.5) is 8.78 Å². The third kappa shape index (κ3) is 2.87. The molecule has 0 spiro atoms. The fourth-order valence-electron chi connectivity index (χ4n) is 1.55. The summed E-state index contributed by atoms with van der Waals surface area (Å²) in [5.41, 5.74) is 2.08. The van der Waals surface area contributed by atoms with Gasteiger partial charge in [0.15, 0.2) is 11.6 Å². The van der Waals surface area contributed by atoms with Crippen LogP contribution in [0.1, 0.15) is 23.4 Å². The molecule has 0 aliphatic heterocycles. The van der Waals surface area contributed by atoms with Gasteiger partial charge in [0.2, 0.25) is 0 Å². The van der Waals surface area contributed by atoms with Crippen molar-refractivity contribution in [1.82, 2.24) is 10.3 Å². The van der Waals surface area contributed by atoms with Crippen LogP contribution in [0.25, 0.3) is 0 Å². The zero-order valence-corrected chi connectivity index (χ0v) is 10.1. The second-order valence-corrected chi connectivity index (χ2v) is 4.68. The lowest BCUT2D eigenvalue weighted by Crippen LogP contribution is -2.19. The van der Waals surface area contributed by atoms with Crippen molar-refractivity contribution in [1.29, 1.82) is 0 Å². The number of halogens is 2. The summed E-state index contributed by atoms with van der Waals surface area (Å²) in [6, 6.07) is 3.98. The molecule has 1 aromatic heterocycles. The van der Waals surface area contributed by atoms with E-state index in [0.29, 0.717) is 12.1 Å². The summed E-state index contributed by atoms with van der Waals surface area (Å²) in [6.07, 6.45) is 1.76. The molecule has 1 atom stereocenters. The predicted molar refractivity (Wildman–Crippen MR) is 63.7 cm³/mol. The van der Waals surface area contributed by atoms with Gasteiger partial charge in [-0.3, -0.25) is 4.98 Å². The van der Waals surface area contributed by atoms with Gasteiger partial charge in [0, 0.05) is 29.2 Å². The van der Waals surface area contributed by atoms with E-state index in [1.165, 1.54) is 17.4 Å². The molecule has 17 heavy (non-hydrogen) atoms. The number of nitrogens with one attached hydrogen (secondary N) is 1. The van der Waals surface area contributed by atoms with E-state index in [2.05, 4.69) is 10.3 Å². The molecular formula is C12H12F2N2S. The largest absolute Gasteiger partial charge is 0.305 e. The Morgan fingerprint density at radius 3 is 2.94 bits per heavy atom. The molecule has 0 radical (unpaired) electrons. The maximum atomic E-state index is 13.5. The van der Waals surface area contributed by atoms with E-state index in [4.69, 9.17) is 0 Å². The Balaban J connectivity index is 2.04. The SMILES string of the molecule is CC(NCc1cncs1)c1cccc(F)c1F. The van der Waals surface area contributed by atoms with Crippen LogP contribution in [0.5, 0.6) is 0 Å². The van der Waals surface area contributed by atoms with Gasteiger partial charge in [-0.1, -0.05) is 12.1 Å². The van der Waals surface area contributed by atoms with Crippen LogP contribution in [-0.2, 0) is 6.54 Å². The van der Waals surface area contributed by atoms with Gasteiger partial charge < -0.3 is 5.32 Å². The van der Waals surface area contributed by atoms with Crippen molar-refractivity contribution in [3.63, 3.8) is 0 Å². The van der Waals surface area contributed by atoms with Gasteiger partial charge in [0.25, 0.3) is 0 Å². The number of aromatic nitrogens is 1. The molecule has 0 amide bonds. The van der Waals surface area contributed by atoms with Crippen LogP contribution in [0.2, 0.25) is 0 Å². The van der Waals surface area contributed by atoms with Crippen LogP contribution in [0, 0.1) is 11.6 Å². The molecule has 1 unspecified atom stereocenters. The summed E-state index contributed by atoms with van der Waals surface area (Å²) in [4.78, 5) is 5.01. The number of hydrogen-bond acceptors (Lipinski definition) is 3. The first-order valence-electron chi connectivity index (χ1n) is 5.23. The molecule has 0 saturated heterocycles. The van der Waals surface area contributed by atoms with E-state index in [0.717, 1.165) is 10.9 Å². The lowest BCUT2D eigenvalue weighted by molar-refractivity contribution is 0.473. The number of rotatable bonds is 4. The van der Waals surface area contributed by atoms with Crippen molar-refractivity contribution in [2.45, 2.75) is 19.5 Å². The lowest BCUT2D eigenvalue weighted by atomic mass is 10.1. The molecule has 0 fully saturated rings. The molecule has 1 N–H and O–H groups in total. The molecule has 5 heteroatoms. The molecule has 0 aliphatic carbocycles. The maximum Gasteiger partial charge on any atom is 0.163 e. The highest BCUT2D eigenvalue weighted by Gasteiger charge is 2.13. The fraction of sp³-hybridized carbons (Fsp3) is 0.250. The summed E-state index contributed by atoms with van der Waals surface area (Å²) >= 11 is 1.53. The summed E-state index contributed by atoms with van der Waals surface area (Å²) in [7, 11) is 0. The fourth-order valence-corrected chi connectivity index (χ4v) is 2.09.